The molecule has 2 aliphatic heterocycles. The zero-order chi connectivity index (χ0) is 29.4. The second kappa shape index (κ2) is 11.2. The Morgan fingerprint density at radius 2 is 1.93 bits per heavy atom. The van der Waals surface area contributed by atoms with Crippen molar-refractivity contribution in [3.8, 4) is 5.69 Å². The monoisotopic (exact) mass is 579 g/mol. The van der Waals surface area contributed by atoms with Crippen LogP contribution in [0.5, 0.6) is 0 Å². The number of nitrogens with zero attached hydrogens (tertiary/aromatic N) is 5. The fraction of sp³-hybridized carbons (Fsp3) is 0.333. The maximum absolute atomic E-state index is 15.0. The SMILES string of the molecule is Cc1ccc(C(=O)Nc2cc(CN3CCCCC3)c(F)c(C(F)(F)F)c2)cc1-n1cc(C2C=c3cc[nH]c3=NC2)nn1. The number of fused-ring (bicyclic) bond motifs is 1. The molecule has 2 aromatic heterocycles. The third-order valence-electron chi connectivity index (χ3n) is 7.75. The number of aryl methyl sites for hydroxylation is 1. The molecule has 4 aromatic rings. The summed E-state index contributed by atoms with van der Waals surface area (Å²) in [7, 11) is 0. The van der Waals surface area contributed by atoms with E-state index in [-0.39, 0.29) is 29.3 Å². The topological polar surface area (TPSA) is 91.2 Å². The summed E-state index contributed by atoms with van der Waals surface area (Å²) in [6, 6.07) is 8.79. The molecule has 12 heteroatoms. The van der Waals surface area contributed by atoms with Gasteiger partial charge >= 0.3 is 6.18 Å². The molecule has 1 amide bonds. The molecule has 1 fully saturated rings. The molecule has 218 valence electrons. The number of aromatic amines is 1. The van der Waals surface area contributed by atoms with Crippen molar-refractivity contribution in [2.24, 2.45) is 4.99 Å². The highest BCUT2D eigenvalue weighted by Gasteiger charge is 2.36. The Hall–Kier alpha value is -4.32. The van der Waals surface area contributed by atoms with E-state index < -0.39 is 23.5 Å². The van der Waals surface area contributed by atoms with E-state index in [1.165, 1.54) is 6.07 Å². The number of halogens is 4. The van der Waals surface area contributed by atoms with Crippen LogP contribution in [0.25, 0.3) is 11.8 Å². The van der Waals surface area contributed by atoms with E-state index in [4.69, 9.17) is 0 Å². The Bertz CT molecular complexity index is 1750. The van der Waals surface area contributed by atoms with Gasteiger partial charge in [-0.3, -0.25) is 14.7 Å². The second-order valence-corrected chi connectivity index (χ2v) is 10.8. The largest absolute Gasteiger partial charge is 0.419 e. The van der Waals surface area contributed by atoms with Crippen LogP contribution in [0, 0.1) is 12.7 Å². The Morgan fingerprint density at radius 3 is 2.71 bits per heavy atom. The highest BCUT2D eigenvalue weighted by Crippen LogP contribution is 2.35. The number of hydrogen-bond donors (Lipinski definition) is 2. The van der Waals surface area contributed by atoms with Crippen LogP contribution in [-0.4, -0.2) is 50.4 Å². The van der Waals surface area contributed by atoms with E-state index in [1.54, 1.807) is 29.1 Å². The van der Waals surface area contributed by atoms with Crippen molar-refractivity contribution in [3.63, 3.8) is 0 Å². The van der Waals surface area contributed by atoms with Crippen LogP contribution in [0.2, 0.25) is 0 Å². The lowest BCUT2D eigenvalue weighted by Gasteiger charge is -2.27. The first kappa shape index (κ1) is 27.8. The van der Waals surface area contributed by atoms with Crippen molar-refractivity contribution < 1.29 is 22.4 Å². The van der Waals surface area contributed by atoms with Crippen LogP contribution in [-0.2, 0) is 12.7 Å². The lowest BCUT2D eigenvalue weighted by molar-refractivity contribution is -0.140. The van der Waals surface area contributed by atoms with E-state index >= 15 is 0 Å². The molecule has 2 aromatic carbocycles. The minimum Gasteiger partial charge on any atom is -0.346 e. The number of alkyl halides is 3. The third-order valence-corrected chi connectivity index (χ3v) is 7.75. The zero-order valence-electron chi connectivity index (χ0n) is 22.9. The average Bonchev–Trinajstić information content (AvgIpc) is 3.64. The normalized spacial score (nSPS) is 17.3. The zero-order valence-corrected chi connectivity index (χ0v) is 22.9. The maximum Gasteiger partial charge on any atom is 0.419 e. The minimum atomic E-state index is -4.91. The summed E-state index contributed by atoms with van der Waals surface area (Å²) in [5.74, 6) is -1.99. The molecule has 1 unspecified atom stereocenters. The molecule has 0 radical (unpaired) electrons. The standard InChI is InChI=1S/C30H29F4N7O/c1-18-5-6-20(13-26(18)41-17-25(38-39-41)21-11-19-7-8-35-28(19)36-15-21)29(42)37-23-12-22(16-40-9-3-2-4-10-40)27(31)24(14-23)30(32,33)34/h5-8,11-14,17,21H,2-4,9-10,15-16H2,1H3,(H,35,36)(H,37,42). The molecule has 6 rings (SSSR count). The molecular formula is C30H29F4N7O. The Morgan fingerprint density at radius 1 is 1.12 bits per heavy atom. The van der Waals surface area contributed by atoms with Crippen LogP contribution in [0.1, 0.15) is 57.9 Å². The van der Waals surface area contributed by atoms with Gasteiger partial charge in [0.15, 0.2) is 0 Å². The molecule has 0 saturated carbocycles. The number of likely N-dealkylation sites (tertiary alicyclic amines) is 1. The summed E-state index contributed by atoms with van der Waals surface area (Å²) < 4.78 is 57.7. The first-order chi connectivity index (χ1) is 20.2. The van der Waals surface area contributed by atoms with Gasteiger partial charge in [0, 0.05) is 40.7 Å². The van der Waals surface area contributed by atoms with Gasteiger partial charge in [0.2, 0.25) is 0 Å². The van der Waals surface area contributed by atoms with Gasteiger partial charge in [-0.2, -0.15) is 13.2 Å². The Labute approximate surface area is 238 Å². The number of benzene rings is 2. The number of carbonyl (C=O) groups excluding carboxylic acids is 1. The molecule has 42 heavy (non-hydrogen) atoms. The first-order valence-corrected chi connectivity index (χ1v) is 13.8. The van der Waals surface area contributed by atoms with Crippen molar-refractivity contribution in [1.82, 2.24) is 24.9 Å². The summed E-state index contributed by atoms with van der Waals surface area (Å²) in [5, 5.41) is 12.1. The molecule has 4 heterocycles. The Kier molecular flexibility index (Phi) is 7.40. The fourth-order valence-electron chi connectivity index (χ4n) is 5.48. The highest BCUT2D eigenvalue weighted by atomic mass is 19.4. The van der Waals surface area contributed by atoms with Crippen LogP contribution in [0.4, 0.5) is 23.2 Å². The third kappa shape index (κ3) is 5.71. The number of nitrogens with one attached hydrogen (secondary N) is 2. The molecule has 0 aliphatic carbocycles. The van der Waals surface area contributed by atoms with Crippen molar-refractivity contribution in [2.75, 3.05) is 25.0 Å². The van der Waals surface area contributed by atoms with Gasteiger partial charge in [0.05, 0.1) is 29.7 Å². The van der Waals surface area contributed by atoms with Crippen molar-refractivity contribution in [2.45, 2.75) is 44.8 Å². The molecule has 0 bridgehead atoms. The van der Waals surface area contributed by atoms with Crippen LogP contribution in [0.3, 0.4) is 0 Å². The van der Waals surface area contributed by atoms with Gasteiger partial charge in [0.25, 0.3) is 5.91 Å². The lowest BCUT2D eigenvalue weighted by atomic mass is 10.0. The Balaban J connectivity index is 1.25. The maximum atomic E-state index is 15.0. The van der Waals surface area contributed by atoms with Crippen LogP contribution < -0.4 is 16.0 Å². The summed E-state index contributed by atoms with van der Waals surface area (Å²) in [5.41, 5.74) is 1.55. The number of carbonyl (C=O) groups is 1. The number of H-pyrrole nitrogens is 1. The molecule has 2 N–H and O–H groups in total. The van der Waals surface area contributed by atoms with Gasteiger partial charge in [-0.05, 0) is 68.8 Å². The van der Waals surface area contributed by atoms with Crippen molar-refractivity contribution in [1.29, 1.82) is 0 Å². The van der Waals surface area contributed by atoms with E-state index in [9.17, 15) is 22.4 Å². The first-order valence-electron chi connectivity index (χ1n) is 13.8. The van der Waals surface area contributed by atoms with Gasteiger partial charge in [0.1, 0.15) is 11.3 Å². The van der Waals surface area contributed by atoms with Crippen molar-refractivity contribution in [3.05, 3.63) is 93.3 Å². The number of anilines is 1. The van der Waals surface area contributed by atoms with Gasteiger partial charge in [-0.1, -0.05) is 23.8 Å². The summed E-state index contributed by atoms with van der Waals surface area (Å²) in [6.07, 6.45) is 3.64. The molecule has 8 nitrogen and oxygen atoms in total. The van der Waals surface area contributed by atoms with Gasteiger partial charge in [-0.15, -0.1) is 5.10 Å². The molecule has 1 saturated heterocycles. The van der Waals surface area contributed by atoms with Gasteiger partial charge < -0.3 is 10.3 Å². The van der Waals surface area contributed by atoms with E-state index in [0.717, 1.165) is 35.5 Å². The van der Waals surface area contributed by atoms with E-state index in [0.29, 0.717) is 37.1 Å². The predicted octanol–water partition coefficient (Wildman–Crippen LogP) is 4.50. The molecule has 2 aliphatic rings. The smallest absolute Gasteiger partial charge is 0.346 e. The fourth-order valence-corrected chi connectivity index (χ4v) is 5.48. The quantitative estimate of drug-likeness (QED) is 0.329. The summed E-state index contributed by atoms with van der Waals surface area (Å²) in [6.45, 7) is 3.79. The van der Waals surface area contributed by atoms with Crippen LogP contribution >= 0.6 is 0 Å². The van der Waals surface area contributed by atoms with Crippen molar-refractivity contribution >= 4 is 17.7 Å². The molecular weight excluding hydrogens is 550 g/mol. The summed E-state index contributed by atoms with van der Waals surface area (Å²) >= 11 is 0. The number of piperidine rings is 1. The second-order valence-electron chi connectivity index (χ2n) is 10.8. The minimum absolute atomic E-state index is 0.0407. The number of amides is 1. The number of rotatable bonds is 6. The predicted molar refractivity (Wildman–Crippen MR) is 148 cm³/mol. The number of aromatic nitrogens is 4. The molecule has 1 atom stereocenters. The highest BCUT2D eigenvalue weighted by molar-refractivity contribution is 6.04. The van der Waals surface area contributed by atoms with E-state index in [2.05, 4.69) is 31.7 Å². The average molecular weight is 580 g/mol. The molecule has 0 spiro atoms. The lowest BCUT2D eigenvalue weighted by Crippen LogP contribution is -2.30. The van der Waals surface area contributed by atoms with Gasteiger partial charge in [-0.25, -0.2) is 9.07 Å². The summed E-state index contributed by atoms with van der Waals surface area (Å²) in [4.78, 5) is 22.8. The van der Waals surface area contributed by atoms with Crippen LogP contribution in [0.15, 0.2) is 53.8 Å². The van der Waals surface area contributed by atoms with E-state index in [1.807, 2.05) is 24.1 Å². The number of hydrogen-bond acceptors (Lipinski definition) is 5.